The summed E-state index contributed by atoms with van der Waals surface area (Å²) in [6.45, 7) is 4.40. The van der Waals surface area contributed by atoms with Gasteiger partial charge in [0, 0.05) is 12.1 Å². The average molecular weight is 229 g/mol. The first-order valence-electron chi connectivity index (χ1n) is 5.68. The molecule has 2 aromatic rings. The quantitative estimate of drug-likeness (QED) is 0.837. The molecule has 0 amide bonds. The van der Waals surface area contributed by atoms with Crippen LogP contribution in [0.3, 0.4) is 0 Å². The second-order valence-electron chi connectivity index (χ2n) is 4.34. The lowest BCUT2D eigenvalue weighted by Gasteiger charge is -2.09. The number of benzene rings is 2. The van der Waals surface area contributed by atoms with Gasteiger partial charge in [0.1, 0.15) is 5.82 Å². The summed E-state index contributed by atoms with van der Waals surface area (Å²) in [4.78, 5) is 0. The van der Waals surface area contributed by atoms with E-state index in [0.29, 0.717) is 12.1 Å². The molecule has 0 atom stereocenters. The molecule has 0 aromatic heterocycles. The van der Waals surface area contributed by atoms with E-state index in [9.17, 15) is 4.39 Å². The zero-order valence-corrected chi connectivity index (χ0v) is 10.1. The second-order valence-corrected chi connectivity index (χ2v) is 4.34. The molecule has 0 heterocycles. The summed E-state index contributed by atoms with van der Waals surface area (Å²) in [6.07, 6.45) is 0. The van der Waals surface area contributed by atoms with Gasteiger partial charge in [0.05, 0.1) is 0 Å². The van der Waals surface area contributed by atoms with Crippen molar-refractivity contribution in [1.29, 1.82) is 0 Å². The van der Waals surface area contributed by atoms with E-state index in [1.54, 1.807) is 6.07 Å². The number of hydrogen-bond donors (Lipinski definition) is 1. The largest absolute Gasteiger partial charge is 0.326 e. The lowest BCUT2D eigenvalue weighted by Crippen LogP contribution is -1.97. The highest BCUT2D eigenvalue weighted by Crippen LogP contribution is 2.27. The molecule has 88 valence electrons. The summed E-state index contributed by atoms with van der Waals surface area (Å²) in [5, 5.41) is 0. The van der Waals surface area contributed by atoms with Crippen molar-refractivity contribution in [2.45, 2.75) is 20.4 Å². The molecular weight excluding hydrogens is 213 g/mol. The van der Waals surface area contributed by atoms with Crippen LogP contribution in [0.4, 0.5) is 4.39 Å². The monoisotopic (exact) mass is 229 g/mol. The molecule has 2 N–H and O–H groups in total. The van der Waals surface area contributed by atoms with E-state index in [4.69, 9.17) is 5.73 Å². The topological polar surface area (TPSA) is 26.0 Å². The molecule has 2 heteroatoms. The second kappa shape index (κ2) is 4.68. The lowest BCUT2D eigenvalue weighted by molar-refractivity contribution is 0.629. The summed E-state index contributed by atoms with van der Waals surface area (Å²) in [7, 11) is 0. The van der Waals surface area contributed by atoms with Gasteiger partial charge in [-0.25, -0.2) is 4.39 Å². The molecular formula is C15H16FN. The number of aryl methyl sites for hydroxylation is 2. The van der Waals surface area contributed by atoms with Crippen molar-refractivity contribution in [2.24, 2.45) is 5.73 Å². The first kappa shape index (κ1) is 11.8. The third-order valence-electron chi connectivity index (χ3n) is 2.94. The zero-order chi connectivity index (χ0) is 12.4. The van der Waals surface area contributed by atoms with Crippen LogP contribution in [0.1, 0.15) is 16.7 Å². The molecule has 0 aliphatic heterocycles. The van der Waals surface area contributed by atoms with Crippen LogP contribution in [0.2, 0.25) is 0 Å². The van der Waals surface area contributed by atoms with E-state index in [2.05, 4.69) is 6.07 Å². The van der Waals surface area contributed by atoms with Crippen LogP contribution < -0.4 is 5.73 Å². The van der Waals surface area contributed by atoms with Gasteiger partial charge in [0.2, 0.25) is 0 Å². The van der Waals surface area contributed by atoms with E-state index in [-0.39, 0.29) is 5.82 Å². The highest BCUT2D eigenvalue weighted by atomic mass is 19.1. The van der Waals surface area contributed by atoms with Crippen molar-refractivity contribution in [3.63, 3.8) is 0 Å². The third kappa shape index (κ3) is 2.37. The van der Waals surface area contributed by atoms with Crippen molar-refractivity contribution in [3.05, 3.63) is 58.9 Å². The molecule has 0 spiro atoms. The van der Waals surface area contributed by atoms with Crippen molar-refractivity contribution >= 4 is 0 Å². The van der Waals surface area contributed by atoms with Crippen LogP contribution in [0.5, 0.6) is 0 Å². The van der Waals surface area contributed by atoms with E-state index >= 15 is 0 Å². The molecule has 0 aliphatic carbocycles. The molecule has 0 radical (unpaired) electrons. The van der Waals surface area contributed by atoms with E-state index < -0.39 is 0 Å². The Morgan fingerprint density at radius 1 is 1.00 bits per heavy atom. The van der Waals surface area contributed by atoms with E-state index in [1.165, 1.54) is 11.6 Å². The maximum atomic E-state index is 13.9. The van der Waals surface area contributed by atoms with Gasteiger partial charge in [-0.2, -0.15) is 0 Å². The van der Waals surface area contributed by atoms with Crippen LogP contribution in [-0.2, 0) is 6.54 Å². The Morgan fingerprint density at radius 3 is 2.29 bits per heavy atom. The summed E-state index contributed by atoms with van der Waals surface area (Å²) >= 11 is 0. The van der Waals surface area contributed by atoms with Crippen LogP contribution in [0, 0.1) is 19.7 Å². The van der Waals surface area contributed by atoms with Gasteiger partial charge in [-0.1, -0.05) is 35.9 Å². The maximum absolute atomic E-state index is 13.9. The van der Waals surface area contributed by atoms with Gasteiger partial charge < -0.3 is 5.73 Å². The predicted molar refractivity (Wildman–Crippen MR) is 69.2 cm³/mol. The SMILES string of the molecule is Cc1ccc(-c2ccc(CN)cc2F)c(C)c1. The molecule has 2 rings (SSSR count). The van der Waals surface area contributed by atoms with E-state index in [0.717, 1.165) is 16.7 Å². The Labute approximate surface area is 101 Å². The lowest BCUT2D eigenvalue weighted by atomic mass is 9.97. The van der Waals surface area contributed by atoms with Gasteiger partial charge in [0.15, 0.2) is 0 Å². The number of hydrogen-bond acceptors (Lipinski definition) is 1. The standard InChI is InChI=1S/C15H16FN/c1-10-3-5-13(11(2)7-10)14-6-4-12(9-17)8-15(14)16/h3-8H,9,17H2,1-2H3. The minimum atomic E-state index is -0.208. The fourth-order valence-electron chi connectivity index (χ4n) is 2.02. The Kier molecular flexibility index (Phi) is 3.25. The van der Waals surface area contributed by atoms with Gasteiger partial charge in [-0.3, -0.25) is 0 Å². The van der Waals surface area contributed by atoms with Gasteiger partial charge in [-0.05, 0) is 36.6 Å². The van der Waals surface area contributed by atoms with Gasteiger partial charge >= 0.3 is 0 Å². The summed E-state index contributed by atoms with van der Waals surface area (Å²) in [5.41, 5.74) is 10.2. The highest BCUT2D eigenvalue weighted by molar-refractivity contribution is 5.68. The zero-order valence-electron chi connectivity index (χ0n) is 10.1. The predicted octanol–water partition coefficient (Wildman–Crippen LogP) is 3.57. The number of nitrogens with two attached hydrogens (primary N) is 1. The van der Waals surface area contributed by atoms with Crippen molar-refractivity contribution in [1.82, 2.24) is 0 Å². The fourth-order valence-corrected chi connectivity index (χ4v) is 2.02. The summed E-state index contributed by atoms with van der Waals surface area (Å²) < 4.78 is 13.9. The van der Waals surface area contributed by atoms with Crippen molar-refractivity contribution in [3.8, 4) is 11.1 Å². The molecule has 0 saturated heterocycles. The summed E-state index contributed by atoms with van der Waals surface area (Å²) in [6, 6.07) is 11.2. The number of halogens is 1. The van der Waals surface area contributed by atoms with Crippen molar-refractivity contribution in [2.75, 3.05) is 0 Å². The first-order chi connectivity index (χ1) is 8.11. The fraction of sp³-hybridized carbons (Fsp3) is 0.200. The average Bonchev–Trinajstić information content (AvgIpc) is 2.30. The van der Waals surface area contributed by atoms with E-state index in [1.807, 2.05) is 32.0 Å². The Balaban J connectivity index is 2.53. The Morgan fingerprint density at radius 2 is 1.71 bits per heavy atom. The maximum Gasteiger partial charge on any atom is 0.131 e. The van der Waals surface area contributed by atoms with Crippen LogP contribution in [0.15, 0.2) is 36.4 Å². The Hall–Kier alpha value is -1.67. The summed E-state index contributed by atoms with van der Waals surface area (Å²) in [5.74, 6) is -0.208. The minimum absolute atomic E-state index is 0.208. The van der Waals surface area contributed by atoms with Crippen LogP contribution >= 0.6 is 0 Å². The minimum Gasteiger partial charge on any atom is -0.326 e. The molecule has 0 fully saturated rings. The first-order valence-corrected chi connectivity index (χ1v) is 5.68. The number of rotatable bonds is 2. The third-order valence-corrected chi connectivity index (χ3v) is 2.94. The highest BCUT2D eigenvalue weighted by Gasteiger charge is 2.08. The molecule has 0 aliphatic rings. The molecule has 2 aromatic carbocycles. The smallest absolute Gasteiger partial charge is 0.131 e. The van der Waals surface area contributed by atoms with Crippen LogP contribution in [0.25, 0.3) is 11.1 Å². The molecule has 1 nitrogen and oxygen atoms in total. The van der Waals surface area contributed by atoms with Gasteiger partial charge in [-0.15, -0.1) is 0 Å². The molecule has 0 bridgehead atoms. The molecule has 0 saturated carbocycles. The van der Waals surface area contributed by atoms with Gasteiger partial charge in [0.25, 0.3) is 0 Å². The normalized spacial score (nSPS) is 10.6. The molecule has 17 heavy (non-hydrogen) atoms. The van der Waals surface area contributed by atoms with Crippen molar-refractivity contribution < 1.29 is 4.39 Å². The molecule has 0 unspecified atom stereocenters. The van der Waals surface area contributed by atoms with Crippen LogP contribution in [-0.4, -0.2) is 0 Å². The Bertz CT molecular complexity index is 547.